The summed E-state index contributed by atoms with van der Waals surface area (Å²) in [5.41, 5.74) is 0.710. The van der Waals surface area contributed by atoms with E-state index in [2.05, 4.69) is 5.32 Å². The van der Waals surface area contributed by atoms with Crippen molar-refractivity contribution in [2.45, 2.75) is 43.9 Å². The van der Waals surface area contributed by atoms with Gasteiger partial charge < -0.3 is 10.4 Å². The molecule has 0 radical (unpaired) electrons. The van der Waals surface area contributed by atoms with Crippen molar-refractivity contribution < 1.29 is 31.9 Å². The van der Waals surface area contributed by atoms with E-state index >= 15 is 0 Å². The summed E-state index contributed by atoms with van der Waals surface area (Å²) in [6, 6.07) is 12.8. The van der Waals surface area contributed by atoms with Crippen LogP contribution in [0.25, 0.3) is 0 Å². The number of rotatable bonds is 12. The van der Waals surface area contributed by atoms with Gasteiger partial charge in [-0.15, -0.1) is 11.3 Å². The zero-order valence-corrected chi connectivity index (χ0v) is 22.4. The first-order chi connectivity index (χ1) is 18.0. The number of halogens is 2. The lowest BCUT2D eigenvalue weighted by Crippen LogP contribution is -2.50. The van der Waals surface area contributed by atoms with E-state index in [1.165, 1.54) is 25.2 Å². The van der Waals surface area contributed by atoms with E-state index in [9.17, 15) is 31.9 Å². The molecule has 3 aromatic rings. The van der Waals surface area contributed by atoms with Crippen LogP contribution in [0.15, 0.2) is 77.0 Å². The Bertz CT molecular complexity index is 1390. The molecule has 1 heterocycles. The second kappa shape index (κ2) is 13.0. The van der Waals surface area contributed by atoms with Gasteiger partial charge in [0, 0.05) is 24.0 Å². The number of benzene rings is 2. The van der Waals surface area contributed by atoms with E-state index in [0.29, 0.717) is 10.9 Å². The number of aliphatic hydroxyl groups excluding tert-OH is 1. The number of carbonyl (C=O) groups is 2. The molecule has 2 aromatic carbocycles. The average Bonchev–Trinajstić information content (AvgIpc) is 3.38. The molecule has 202 valence electrons. The number of aryl methyl sites for hydroxylation is 1. The third kappa shape index (κ3) is 7.87. The number of thiophene rings is 1. The highest BCUT2D eigenvalue weighted by molar-refractivity contribution is 7.89. The highest BCUT2D eigenvalue weighted by Crippen LogP contribution is 2.26. The maximum atomic E-state index is 14.7. The molecule has 0 bridgehead atoms. The van der Waals surface area contributed by atoms with E-state index in [4.69, 9.17) is 0 Å². The number of ketones is 1. The summed E-state index contributed by atoms with van der Waals surface area (Å²) < 4.78 is 56.9. The van der Waals surface area contributed by atoms with Crippen LogP contribution in [0, 0.1) is 18.6 Å². The number of amides is 1. The molecule has 0 aliphatic heterocycles. The van der Waals surface area contributed by atoms with Crippen LogP contribution in [-0.2, 0) is 32.6 Å². The van der Waals surface area contributed by atoms with E-state index in [1.807, 2.05) is 0 Å². The molecular weight excluding hydrogens is 534 g/mol. The van der Waals surface area contributed by atoms with Gasteiger partial charge in [-0.25, -0.2) is 17.2 Å². The predicted molar refractivity (Wildman–Crippen MR) is 141 cm³/mol. The summed E-state index contributed by atoms with van der Waals surface area (Å²) in [6.07, 6.45) is 0.793. The molecule has 3 rings (SSSR count). The third-order valence-electron chi connectivity index (χ3n) is 5.69. The Hall–Kier alpha value is -3.25. The van der Waals surface area contributed by atoms with Gasteiger partial charge in [-0.1, -0.05) is 36.4 Å². The number of hydrogen-bond acceptors (Lipinski definition) is 6. The van der Waals surface area contributed by atoms with Gasteiger partial charge in [0.25, 0.3) is 0 Å². The lowest BCUT2D eigenvalue weighted by Gasteiger charge is -2.29. The van der Waals surface area contributed by atoms with Crippen LogP contribution in [0.2, 0.25) is 0 Å². The number of hydrogen-bond donors (Lipinski definition) is 2. The summed E-state index contributed by atoms with van der Waals surface area (Å²) in [7, 11) is -4.60. The Kier molecular flexibility index (Phi) is 10.0. The Morgan fingerprint density at radius 1 is 1.08 bits per heavy atom. The van der Waals surface area contributed by atoms with Crippen molar-refractivity contribution in [3.63, 3.8) is 0 Å². The smallest absolute Gasteiger partial charge is 0.246 e. The summed E-state index contributed by atoms with van der Waals surface area (Å²) >= 11 is 1.26. The molecule has 0 aliphatic rings. The molecule has 0 saturated carbocycles. The second-order valence-electron chi connectivity index (χ2n) is 8.72. The number of nitrogens with one attached hydrogen (secondary N) is 1. The quantitative estimate of drug-likeness (QED) is 0.327. The molecule has 0 fully saturated rings. The lowest BCUT2D eigenvalue weighted by molar-refractivity contribution is -0.118. The Morgan fingerprint density at radius 2 is 1.79 bits per heavy atom. The highest BCUT2D eigenvalue weighted by atomic mass is 32.2. The van der Waals surface area contributed by atoms with Gasteiger partial charge in [0.1, 0.15) is 16.5 Å². The molecule has 0 aliphatic carbocycles. The zero-order valence-electron chi connectivity index (χ0n) is 20.8. The van der Waals surface area contributed by atoms with Crippen LogP contribution >= 0.6 is 11.3 Å². The average molecular weight is 563 g/mol. The molecule has 0 spiro atoms. The molecule has 7 nitrogen and oxygen atoms in total. The Balaban J connectivity index is 1.95. The van der Waals surface area contributed by atoms with Gasteiger partial charge >= 0.3 is 0 Å². The number of nitrogens with zero attached hydrogens (tertiary/aromatic N) is 1. The fraction of sp³-hybridized carbons (Fsp3) is 0.259. The van der Waals surface area contributed by atoms with Crippen LogP contribution < -0.4 is 5.32 Å². The van der Waals surface area contributed by atoms with Crippen LogP contribution in [0.3, 0.4) is 0 Å². The van der Waals surface area contributed by atoms with Crippen molar-refractivity contribution in [3.8, 4) is 0 Å². The molecular formula is C27H28F2N2O5S2. The van der Waals surface area contributed by atoms with Crippen molar-refractivity contribution >= 4 is 33.1 Å². The van der Waals surface area contributed by atoms with Crippen molar-refractivity contribution in [1.82, 2.24) is 9.62 Å². The first-order valence-corrected chi connectivity index (χ1v) is 14.0. The SMILES string of the molecule is CC(=O)/C=C/C(=O)N[C@@H](Cc1ccccc1)[C@H](O)CN(Cc1cccs1)S(=O)(=O)c1cc(F)c(C)cc1F. The molecule has 2 atom stereocenters. The van der Waals surface area contributed by atoms with Gasteiger partial charge in [-0.05, 0) is 61.1 Å². The molecule has 38 heavy (non-hydrogen) atoms. The maximum absolute atomic E-state index is 14.7. The van der Waals surface area contributed by atoms with Crippen molar-refractivity contribution in [3.05, 3.63) is 99.8 Å². The van der Waals surface area contributed by atoms with Crippen molar-refractivity contribution in [2.75, 3.05) is 6.54 Å². The fourth-order valence-corrected chi connectivity index (χ4v) is 5.99. The highest BCUT2D eigenvalue weighted by Gasteiger charge is 2.33. The summed E-state index contributed by atoms with van der Waals surface area (Å²) in [4.78, 5) is 23.4. The van der Waals surface area contributed by atoms with Crippen LogP contribution in [-0.4, -0.2) is 48.2 Å². The molecule has 11 heteroatoms. The molecule has 1 amide bonds. The Morgan fingerprint density at radius 3 is 2.42 bits per heavy atom. The van der Waals surface area contributed by atoms with Gasteiger partial charge in [-0.3, -0.25) is 9.59 Å². The topological polar surface area (TPSA) is 104 Å². The number of carbonyl (C=O) groups excluding carboxylic acids is 2. The predicted octanol–water partition coefficient (Wildman–Crippen LogP) is 3.76. The normalized spacial score (nSPS) is 13.5. The van der Waals surface area contributed by atoms with Gasteiger partial charge in [-0.2, -0.15) is 4.31 Å². The molecule has 0 saturated heterocycles. The molecule has 0 unspecified atom stereocenters. The number of allylic oxidation sites excluding steroid dienone is 1. The summed E-state index contributed by atoms with van der Waals surface area (Å²) in [5.74, 6) is -2.99. The van der Waals surface area contributed by atoms with Crippen LogP contribution in [0.4, 0.5) is 8.78 Å². The minimum atomic E-state index is -4.60. The summed E-state index contributed by atoms with van der Waals surface area (Å²) in [6.45, 7) is 1.87. The fourth-order valence-electron chi connectivity index (χ4n) is 3.70. The summed E-state index contributed by atoms with van der Waals surface area (Å²) in [5, 5.41) is 15.6. The third-order valence-corrected chi connectivity index (χ3v) is 8.38. The van der Waals surface area contributed by atoms with Crippen LogP contribution in [0.1, 0.15) is 22.9 Å². The Labute approximate surface area is 224 Å². The van der Waals surface area contributed by atoms with E-state index in [0.717, 1.165) is 28.1 Å². The monoisotopic (exact) mass is 562 g/mol. The number of aliphatic hydroxyl groups is 1. The van der Waals surface area contributed by atoms with Crippen molar-refractivity contribution in [2.24, 2.45) is 0 Å². The lowest BCUT2D eigenvalue weighted by atomic mass is 10.0. The second-order valence-corrected chi connectivity index (χ2v) is 11.7. The van der Waals surface area contributed by atoms with Gasteiger partial charge in [0.15, 0.2) is 5.78 Å². The van der Waals surface area contributed by atoms with E-state index in [-0.39, 0.29) is 24.3 Å². The maximum Gasteiger partial charge on any atom is 0.246 e. The number of sulfonamides is 1. The zero-order chi connectivity index (χ0) is 27.9. The van der Waals surface area contributed by atoms with Crippen LogP contribution in [0.5, 0.6) is 0 Å². The van der Waals surface area contributed by atoms with E-state index < -0.39 is 51.2 Å². The molecule has 2 N–H and O–H groups in total. The minimum Gasteiger partial charge on any atom is -0.390 e. The standard InChI is InChI=1S/C27H28F2N2O5S2/c1-18-13-23(29)26(15-22(18)28)38(35,36)31(16-21-9-6-12-37-21)17-25(33)24(14-20-7-4-3-5-8-20)30-27(34)11-10-19(2)32/h3-13,15,24-25,33H,14,16-17H2,1-2H3,(H,30,34)/b11-10+/t24-,25+/m0/s1. The van der Waals surface area contributed by atoms with Crippen molar-refractivity contribution in [1.29, 1.82) is 0 Å². The first kappa shape index (κ1) is 29.3. The molecule has 1 aromatic heterocycles. The minimum absolute atomic E-state index is 0.0458. The first-order valence-electron chi connectivity index (χ1n) is 11.7. The largest absolute Gasteiger partial charge is 0.390 e. The van der Waals surface area contributed by atoms with E-state index in [1.54, 1.807) is 47.8 Å². The van der Waals surface area contributed by atoms with Gasteiger partial charge in [0.05, 0.1) is 12.1 Å². The van der Waals surface area contributed by atoms with Gasteiger partial charge in [0.2, 0.25) is 15.9 Å².